The van der Waals surface area contributed by atoms with Crippen LogP contribution in [0.15, 0.2) is 36.7 Å². The molecule has 1 atom stereocenters. The molecule has 2 aromatic rings. The van der Waals surface area contributed by atoms with Crippen LogP contribution >= 0.6 is 0 Å². The van der Waals surface area contributed by atoms with E-state index < -0.39 is 17.9 Å². The molecular formula is C17H20N4O4. The third kappa shape index (κ3) is 4.51. The van der Waals surface area contributed by atoms with Crippen molar-refractivity contribution in [2.45, 2.75) is 19.4 Å². The maximum absolute atomic E-state index is 12.3. The van der Waals surface area contributed by atoms with Crippen LogP contribution in [0.25, 0.3) is 0 Å². The Morgan fingerprint density at radius 1 is 1.20 bits per heavy atom. The third-order valence-electron chi connectivity index (χ3n) is 3.68. The molecule has 1 aromatic heterocycles. The number of carbonyl (C=O) groups excluding carboxylic acids is 3. The Balaban J connectivity index is 2.00. The maximum Gasteiger partial charge on any atom is 0.313 e. The summed E-state index contributed by atoms with van der Waals surface area (Å²) in [7, 11) is 1.73. The first-order valence-corrected chi connectivity index (χ1v) is 7.81. The number of aromatic nitrogens is 2. The summed E-state index contributed by atoms with van der Waals surface area (Å²) in [4.78, 5) is 39.9. The Bertz CT molecular complexity index is 763. The van der Waals surface area contributed by atoms with Crippen LogP contribution in [0.3, 0.4) is 0 Å². The Labute approximate surface area is 144 Å². The van der Waals surface area contributed by atoms with Crippen molar-refractivity contribution in [1.82, 2.24) is 14.9 Å². The smallest absolute Gasteiger partial charge is 0.313 e. The van der Waals surface area contributed by atoms with Crippen molar-refractivity contribution in [3.05, 3.63) is 48.0 Å². The molecule has 0 saturated carbocycles. The van der Waals surface area contributed by atoms with Gasteiger partial charge in [-0.2, -0.15) is 0 Å². The number of rotatable bonds is 6. The largest absolute Gasteiger partial charge is 0.394 e. The summed E-state index contributed by atoms with van der Waals surface area (Å²) in [5.41, 5.74) is 0.802. The molecule has 3 N–H and O–H groups in total. The second-order valence-corrected chi connectivity index (χ2v) is 5.48. The molecule has 2 rings (SSSR count). The van der Waals surface area contributed by atoms with E-state index in [2.05, 4.69) is 15.6 Å². The molecular weight excluding hydrogens is 324 g/mol. The number of amides is 2. The molecule has 8 nitrogen and oxygen atoms in total. The van der Waals surface area contributed by atoms with Crippen LogP contribution < -0.4 is 10.6 Å². The number of nitrogens with one attached hydrogen (secondary N) is 2. The van der Waals surface area contributed by atoms with Gasteiger partial charge in [-0.1, -0.05) is 6.92 Å². The van der Waals surface area contributed by atoms with Gasteiger partial charge in [0.25, 0.3) is 0 Å². The number of imidazole rings is 1. The normalized spacial score (nSPS) is 11.6. The van der Waals surface area contributed by atoms with E-state index in [0.717, 1.165) is 0 Å². The lowest BCUT2D eigenvalue weighted by atomic mass is 10.1. The van der Waals surface area contributed by atoms with Crippen molar-refractivity contribution in [3.63, 3.8) is 0 Å². The minimum Gasteiger partial charge on any atom is -0.394 e. The number of aliphatic hydroxyl groups excluding tert-OH is 1. The number of carbonyl (C=O) groups is 3. The first kappa shape index (κ1) is 18.3. The fraction of sp³-hybridized carbons (Fsp3) is 0.294. The Hall–Kier alpha value is -3.00. The lowest BCUT2D eigenvalue weighted by molar-refractivity contribution is -0.136. The molecule has 1 unspecified atom stereocenters. The van der Waals surface area contributed by atoms with E-state index in [0.29, 0.717) is 23.5 Å². The highest BCUT2D eigenvalue weighted by molar-refractivity contribution is 6.39. The van der Waals surface area contributed by atoms with E-state index in [4.69, 9.17) is 5.11 Å². The average Bonchev–Trinajstić information content (AvgIpc) is 3.05. The number of hydrogen-bond donors (Lipinski definition) is 3. The van der Waals surface area contributed by atoms with Crippen LogP contribution in [0.2, 0.25) is 0 Å². The quantitative estimate of drug-likeness (QED) is 0.521. The first-order valence-electron chi connectivity index (χ1n) is 7.81. The summed E-state index contributed by atoms with van der Waals surface area (Å²) in [6.07, 6.45) is 3.73. The van der Waals surface area contributed by atoms with E-state index in [1.54, 1.807) is 36.9 Å². The van der Waals surface area contributed by atoms with Gasteiger partial charge in [-0.3, -0.25) is 14.4 Å². The summed E-state index contributed by atoms with van der Waals surface area (Å²) < 4.78 is 1.62. The van der Waals surface area contributed by atoms with Gasteiger partial charge >= 0.3 is 11.8 Å². The van der Waals surface area contributed by atoms with Gasteiger partial charge in [0.15, 0.2) is 5.82 Å². The van der Waals surface area contributed by atoms with Crippen molar-refractivity contribution in [3.8, 4) is 0 Å². The van der Waals surface area contributed by atoms with Crippen molar-refractivity contribution in [1.29, 1.82) is 0 Å². The minimum atomic E-state index is -0.838. The molecule has 0 spiro atoms. The minimum absolute atomic E-state index is 0.237. The number of anilines is 1. The highest BCUT2D eigenvalue weighted by Gasteiger charge is 2.18. The van der Waals surface area contributed by atoms with E-state index in [1.165, 1.54) is 18.3 Å². The van der Waals surface area contributed by atoms with E-state index in [-0.39, 0.29) is 12.4 Å². The van der Waals surface area contributed by atoms with E-state index >= 15 is 0 Å². The van der Waals surface area contributed by atoms with Gasteiger partial charge < -0.3 is 20.3 Å². The van der Waals surface area contributed by atoms with Crippen LogP contribution in [-0.2, 0) is 16.6 Å². The number of nitrogens with zero attached hydrogens (tertiary/aromatic N) is 2. The monoisotopic (exact) mass is 344 g/mol. The Morgan fingerprint density at radius 3 is 2.40 bits per heavy atom. The first-order chi connectivity index (χ1) is 12.0. The maximum atomic E-state index is 12.3. The number of aryl methyl sites for hydroxylation is 1. The fourth-order valence-corrected chi connectivity index (χ4v) is 2.13. The Kier molecular flexibility index (Phi) is 6.02. The molecule has 0 radical (unpaired) electrons. The average molecular weight is 344 g/mol. The zero-order chi connectivity index (χ0) is 18.4. The zero-order valence-corrected chi connectivity index (χ0v) is 14.0. The second-order valence-electron chi connectivity index (χ2n) is 5.48. The topological polar surface area (TPSA) is 113 Å². The number of ketones is 1. The van der Waals surface area contributed by atoms with Gasteiger partial charge in [0.05, 0.1) is 12.6 Å². The van der Waals surface area contributed by atoms with Crippen molar-refractivity contribution in [2.24, 2.45) is 7.05 Å². The van der Waals surface area contributed by atoms with Gasteiger partial charge in [-0.15, -0.1) is 0 Å². The van der Waals surface area contributed by atoms with Crippen LogP contribution in [0.5, 0.6) is 0 Å². The van der Waals surface area contributed by atoms with Gasteiger partial charge in [-0.25, -0.2) is 4.98 Å². The molecule has 1 heterocycles. The number of aliphatic hydroxyl groups is 1. The zero-order valence-electron chi connectivity index (χ0n) is 14.0. The third-order valence-corrected chi connectivity index (χ3v) is 3.68. The molecule has 1 aromatic carbocycles. The van der Waals surface area contributed by atoms with Crippen LogP contribution in [0, 0.1) is 0 Å². The molecule has 132 valence electrons. The SMILES string of the molecule is CCC(CO)NC(=O)C(=O)Nc1ccc(C(=O)c2nccn2C)cc1. The lowest BCUT2D eigenvalue weighted by Gasteiger charge is -2.13. The highest BCUT2D eigenvalue weighted by Crippen LogP contribution is 2.13. The summed E-state index contributed by atoms with van der Waals surface area (Å²) in [5, 5.41) is 13.9. The van der Waals surface area contributed by atoms with Gasteiger partial charge in [0, 0.05) is 30.7 Å². The predicted octanol–water partition coefficient (Wildman–Crippen LogP) is 0.477. The fourth-order valence-electron chi connectivity index (χ4n) is 2.13. The molecule has 25 heavy (non-hydrogen) atoms. The molecule has 0 saturated heterocycles. The van der Waals surface area contributed by atoms with Crippen LogP contribution in [0.1, 0.15) is 29.5 Å². The second kappa shape index (κ2) is 8.20. The number of benzene rings is 1. The molecule has 0 fully saturated rings. The van der Waals surface area contributed by atoms with E-state index in [1.807, 2.05) is 0 Å². The van der Waals surface area contributed by atoms with Gasteiger partial charge in [0.2, 0.25) is 5.78 Å². The van der Waals surface area contributed by atoms with Crippen molar-refractivity contribution in [2.75, 3.05) is 11.9 Å². The highest BCUT2D eigenvalue weighted by atomic mass is 16.3. The Morgan fingerprint density at radius 2 is 1.88 bits per heavy atom. The van der Waals surface area contributed by atoms with E-state index in [9.17, 15) is 14.4 Å². The summed E-state index contributed by atoms with van der Waals surface area (Å²) in [6, 6.07) is 5.70. The van der Waals surface area contributed by atoms with Crippen LogP contribution in [0.4, 0.5) is 5.69 Å². The molecule has 0 aliphatic carbocycles. The van der Waals surface area contributed by atoms with Gasteiger partial charge in [0.1, 0.15) is 0 Å². The van der Waals surface area contributed by atoms with Crippen LogP contribution in [-0.4, -0.2) is 44.9 Å². The number of hydrogen-bond acceptors (Lipinski definition) is 5. The molecule has 0 aliphatic rings. The molecule has 0 aliphatic heterocycles. The van der Waals surface area contributed by atoms with Crippen molar-refractivity contribution < 1.29 is 19.5 Å². The lowest BCUT2D eigenvalue weighted by Crippen LogP contribution is -2.43. The molecule has 8 heteroatoms. The van der Waals surface area contributed by atoms with Crippen molar-refractivity contribution >= 4 is 23.3 Å². The summed E-state index contributed by atoms with van der Waals surface area (Å²) in [6.45, 7) is 1.55. The summed E-state index contributed by atoms with van der Waals surface area (Å²) in [5.74, 6) is -1.59. The summed E-state index contributed by atoms with van der Waals surface area (Å²) >= 11 is 0. The standard InChI is InChI=1S/C17H20N4O4/c1-3-12(10-22)19-16(24)17(25)20-13-6-4-11(5-7-13)14(23)15-18-8-9-21(15)2/h4-9,12,22H,3,10H2,1-2H3,(H,19,24)(H,20,25). The molecule has 2 amide bonds. The predicted molar refractivity (Wildman–Crippen MR) is 91.0 cm³/mol. The van der Waals surface area contributed by atoms with Gasteiger partial charge in [-0.05, 0) is 30.7 Å². The molecule has 0 bridgehead atoms.